The largest absolute Gasteiger partial charge is 0.352 e. The van der Waals surface area contributed by atoms with Crippen LogP contribution in [0.3, 0.4) is 0 Å². The Morgan fingerprint density at radius 1 is 1.47 bits per heavy atom. The molecule has 1 aromatic rings. The molecule has 2 atom stereocenters. The van der Waals surface area contributed by atoms with Crippen LogP contribution in [0, 0.1) is 18.7 Å². The van der Waals surface area contributed by atoms with Crippen molar-refractivity contribution in [1.82, 2.24) is 10.6 Å². The van der Waals surface area contributed by atoms with E-state index in [4.69, 9.17) is 0 Å². The van der Waals surface area contributed by atoms with E-state index >= 15 is 0 Å². The van der Waals surface area contributed by atoms with Crippen LogP contribution in [-0.4, -0.2) is 25.0 Å². The Balaban J connectivity index is 1.85. The molecular formula is C15H21FN2O. The van der Waals surface area contributed by atoms with Gasteiger partial charge >= 0.3 is 0 Å². The van der Waals surface area contributed by atoms with Crippen molar-refractivity contribution in [2.24, 2.45) is 5.92 Å². The van der Waals surface area contributed by atoms with Crippen molar-refractivity contribution in [3.8, 4) is 0 Å². The Labute approximate surface area is 113 Å². The number of hydrogen-bond donors (Lipinski definition) is 2. The van der Waals surface area contributed by atoms with E-state index in [1.807, 2.05) is 0 Å². The highest BCUT2D eigenvalue weighted by Crippen LogP contribution is 2.14. The predicted octanol–water partition coefficient (Wildman–Crippen LogP) is 2.25. The molecule has 104 valence electrons. The number of carbonyl (C=O) groups excluding carboxylic acids is 1. The number of aryl methyl sites for hydroxylation is 1. The van der Waals surface area contributed by atoms with Gasteiger partial charge in [0.1, 0.15) is 5.82 Å². The number of carbonyl (C=O) groups is 1. The number of benzene rings is 1. The molecule has 0 spiro atoms. The molecule has 1 heterocycles. The van der Waals surface area contributed by atoms with E-state index in [0.29, 0.717) is 29.6 Å². The van der Waals surface area contributed by atoms with Crippen molar-refractivity contribution < 1.29 is 9.18 Å². The molecule has 1 aliphatic rings. The van der Waals surface area contributed by atoms with E-state index in [0.717, 1.165) is 19.4 Å². The van der Waals surface area contributed by atoms with Crippen LogP contribution in [0.15, 0.2) is 18.2 Å². The van der Waals surface area contributed by atoms with Crippen LogP contribution in [0.25, 0.3) is 0 Å². The maximum Gasteiger partial charge on any atom is 0.251 e. The summed E-state index contributed by atoms with van der Waals surface area (Å²) < 4.78 is 13.4. The number of hydrogen-bond acceptors (Lipinski definition) is 2. The molecule has 19 heavy (non-hydrogen) atoms. The molecule has 0 aliphatic carbocycles. The molecule has 3 nitrogen and oxygen atoms in total. The highest BCUT2D eigenvalue weighted by Gasteiger charge is 2.18. The minimum absolute atomic E-state index is 0.197. The number of nitrogens with one attached hydrogen (secondary N) is 2. The minimum atomic E-state index is -0.333. The SMILES string of the molecule is Cc1ccc(C(=O)NCC2CCC(C)NC2)cc1F. The van der Waals surface area contributed by atoms with Crippen LogP contribution >= 0.6 is 0 Å². The Hall–Kier alpha value is -1.42. The summed E-state index contributed by atoms with van der Waals surface area (Å²) in [4.78, 5) is 11.9. The average molecular weight is 264 g/mol. The van der Waals surface area contributed by atoms with Crippen molar-refractivity contribution in [3.05, 3.63) is 35.1 Å². The first-order valence-electron chi connectivity index (χ1n) is 6.84. The van der Waals surface area contributed by atoms with Gasteiger partial charge in [0.05, 0.1) is 0 Å². The first-order chi connectivity index (χ1) is 9.06. The monoisotopic (exact) mass is 264 g/mol. The van der Waals surface area contributed by atoms with Crippen LogP contribution < -0.4 is 10.6 Å². The van der Waals surface area contributed by atoms with Crippen molar-refractivity contribution in [2.75, 3.05) is 13.1 Å². The smallest absolute Gasteiger partial charge is 0.251 e. The molecule has 1 saturated heterocycles. The summed E-state index contributed by atoms with van der Waals surface area (Å²) in [6, 6.07) is 5.16. The Kier molecular flexibility index (Phi) is 4.53. The van der Waals surface area contributed by atoms with Gasteiger partial charge in [-0.15, -0.1) is 0 Å². The summed E-state index contributed by atoms with van der Waals surface area (Å²) in [5.74, 6) is -0.0613. The van der Waals surface area contributed by atoms with Crippen molar-refractivity contribution in [2.45, 2.75) is 32.7 Å². The molecule has 1 amide bonds. The van der Waals surface area contributed by atoms with Crippen LogP contribution in [0.5, 0.6) is 0 Å². The molecule has 1 aliphatic heterocycles. The molecule has 1 fully saturated rings. The molecule has 0 bridgehead atoms. The van der Waals surface area contributed by atoms with Crippen molar-refractivity contribution in [3.63, 3.8) is 0 Å². The third-order valence-electron chi connectivity index (χ3n) is 3.75. The second-order valence-electron chi connectivity index (χ2n) is 5.43. The molecule has 4 heteroatoms. The molecule has 2 rings (SSSR count). The van der Waals surface area contributed by atoms with Gasteiger partial charge in [-0.3, -0.25) is 4.79 Å². The zero-order valence-corrected chi connectivity index (χ0v) is 11.5. The number of halogens is 1. The van der Waals surface area contributed by atoms with Gasteiger partial charge in [-0.05, 0) is 56.8 Å². The van der Waals surface area contributed by atoms with Gasteiger partial charge in [0.15, 0.2) is 0 Å². The maximum absolute atomic E-state index is 13.4. The standard InChI is InChI=1S/C15H21FN2O/c1-10-3-6-13(7-14(10)16)15(19)18-9-12-5-4-11(2)17-8-12/h3,6-7,11-12,17H,4-5,8-9H2,1-2H3,(H,18,19). The van der Waals surface area contributed by atoms with Gasteiger partial charge in [0.2, 0.25) is 0 Å². The van der Waals surface area contributed by atoms with E-state index in [-0.39, 0.29) is 11.7 Å². The molecule has 1 aromatic carbocycles. The molecule has 2 N–H and O–H groups in total. The lowest BCUT2D eigenvalue weighted by molar-refractivity contribution is 0.0943. The third-order valence-corrected chi connectivity index (χ3v) is 3.75. The maximum atomic E-state index is 13.4. The lowest BCUT2D eigenvalue weighted by Gasteiger charge is -2.27. The van der Waals surface area contributed by atoms with Gasteiger partial charge in [-0.25, -0.2) is 4.39 Å². The van der Waals surface area contributed by atoms with Gasteiger partial charge in [0, 0.05) is 18.2 Å². The number of rotatable bonds is 3. The summed E-state index contributed by atoms with van der Waals surface area (Å²) in [7, 11) is 0. The van der Waals surface area contributed by atoms with E-state index in [1.165, 1.54) is 6.07 Å². The third kappa shape index (κ3) is 3.77. The van der Waals surface area contributed by atoms with E-state index in [1.54, 1.807) is 19.1 Å². The van der Waals surface area contributed by atoms with Crippen LogP contribution in [-0.2, 0) is 0 Å². The Bertz CT molecular complexity index is 453. The van der Waals surface area contributed by atoms with E-state index < -0.39 is 0 Å². The summed E-state index contributed by atoms with van der Waals surface area (Å²) in [5, 5.41) is 6.29. The average Bonchev–Trinajstić information content (AvgIpc) is 2.41. The molecule has 0 radical (unpaired) electrons. The van der Waals surface area contributed by atoms with Crippen LogP contribution in [0.4, 0.5) is 4.39 Å². The second-order valence-corrected chi connectivity index (χ2v) is 5.43. The zero-order chi connectivity index (χ0) is 13.8. The second kappa shape index (κ2) is 6.15. The van der Waals surface area contributed by atoms with Crippen LogP contribution in [0.1, 0.15) is 35.7 Å². The fourth-order valence-corrected chi connectivity index (χ4v) is 2.31. The lowest BCUT2D eigenvalue weighted by atomic mass is 9.95. The first kappa shape index (κ1) is 14.0. The Morgan fingerprint density at radius 3 is 2.89 bits per heavy atom. The molecular weight excluding hydrogens is 243 g/mol. The highest BCUT2D eigenvalue weighted by molar-refractivity contribution is 5.94. The van der Waals surface area contributed by atoms with Gasteiger partial charge in [-0.2, -0.15) is 0 Å². The first-order valence-corrected chi connectivity index (χ1v) is 6.84. The van der Waals surface area contributed by atoms with Crippen molar-refractivity contribution in [1.29, 1.82) is 0 Å². The van der Waals surface area contributed by atoms with Gasteiger partial charge in [0.25, 0.3) is 5.91 Å². The summed E-state index contributed by atoms with van der Waals surface area (Å²) in [5.41, 5.74) is 0.947. The fraction of sp³-hybridized carbons (Fsp3) is 0.533. The van der Waals surface area contributed by atoms with Gasteiger partial charge < -0.3 is 10.6 Å². The zero-order valence-electron chi connectivity index (χ0n) is 11.5. The predicted molar refractivity (Wildman–Crippen MR) is 73.7 cm³/mol. The number of piperidine rings is 1. The molecule has 0 aromatic heterocycles. The summed E-state index contributed by atoms with van der Waals surface area (Å²) >= 11 is 0. The molecule has 2 unspecified atom stereocenters. The summed E-state index contributed by atoms with van der Waals surface area (Å²) in [6.45, 7) is 5.44. The van der Waals surface area contributed by atoms with E-state index in [2.05, 4.69) is 17.6 Å². The lowest BCUT2D eigenvalue weighted by Crippen LogP contribution is -2.41. The Morgan fingerprint density at radius 2 is 2.26 bits per heavy atom. The highest BCUT2D eigenvalue weighted by atomic mass is 19.1. The fourth-order valence-electron chi connectivity index (χ4n) is 2.31. The van der Waals surface area contributed by atoms with Crippen molar-refractivity contribution >= 4 is 5.91 Å². The quantitative estimate of drug-likeness (QED) is 0.879. The topological polar surface area (TPSA) is 41.1 Å². The van der Waals surface area contributed by atoms with Gasteiger partial charge in [-0.1, -0.05) is 6.07 Å². The summed E-state index contributed by atoms with van der Waals surface area (Å²) in [6.07, 6.45) is 2.26. The minimum Gasteiger partial charge on any atom is -0.352 e. The molecule has 0 saturated carbocycles. The van der Waals surface area contributed by atoms with Crippen LogP contribution in [0.2, 0.25) is 0 Å². The number of amides is 1. The normalized spacial score (nSPS) is 23.1. The van der Waals surface area contributed by atoms with E-state index in [9.17, 15) is 9.18 Å².